The fourth-order valence-electron chi connectivity index (χ4n) is 3.75. The molecule has 6 nitrogen and oxygen atoms in total. The van der Waals surface area contributed by atoms with Crippen molar-refractivity contribution in [3.63, 3.8) is 0 Å². The van der Waals surface area contributed by atoms with Crippen LogP contribution in [0.3, 0.4) is 0 Å². The summed E-state index contributed by atoms with van der Waals surface area (Å²) < 4.78 is 46.5. The lowest BCUT2D eigenvalue weighted by molar-refractivity contribution is 0.101. The minimum absolute atomic E-state index is 0.179. The zero-order valence-electron chi connectivity index (χ0n) is 16.5. The largest absolute Gasteiger partial charge is 0.450 e. The van der Waals surface area contributed by atoms with Gasteiger partial charge in [-0.15, -0.1) is 0 Å². The highest BCUT2D eigenvalue weighted by Gasteiger charge is 2.39. The predicted molar refractivity (Wildman–Crippen MR) is 109 cm³/mol. The second-order valence-electron chi connectivity index (χ2n) is 7.09. The van der Waals surface area contributed by atoms with Gasteiger partial charge in [0.2, 0.25) is 10.0 Å². The van der Waals surface area contributed by atoms with Gasteiger partial charge in [0.25, 0.3) is 0 Å². The molecular formula is C21H25FN2O4S. The fraction of sp³-hybridized carbons (Fsp3) is 0.381. The molecule has 1 saturated heterocycles. The van der Waals surface area contributed by atoms with E-state index < -0.39 is 28.2 Å². The minimum Gasteiger partial charge on any atom is -0.450 e. The molecule has 1 fully saturated rings. The smallest absolute Gasteiger partial charge is 0.410 e. The molecule has 0 aliphatic carbocycles. The molecule has 1 N–H and O–H groups in total. The molecule has 2 aromatic rings. The summed E-state index contributed by atoms with van der Waals surface area (Å²) in [6.45, 7) is 2.26. The van der Waals surface area contributed by atoms with Gasteiger partial charge in [0.05, 0.1) is 18.9 Å². The van der Waals surface area contributed by atoms with Crippen molar-refractivity contribution >= 4 is 16.1 Å². The van der Waals surface area contributed by atoms with Gasteiger partial charge in [-0.2, -0.15) is 0 Å². The molecule has 0 radical (unpaired) electrons. The van der Waals surface area contributed by atoms with Crippen LogP contribution < -0.4 is 4.72 Å². The van der Waals surface area contributed by atoms with Gasteiger partial charge < -0.3 is 9.64 Å². The lowest BCUT2D eigenvalue weighted by Gasteiger charge is -2.28. The van der Waals surface area contributed by atoms with Crippen LogP contribution in [-0.4, -0.2) is 50.9 Å². The Morgan fingerprint density at radius 1 is 1.21 bits per heavy atom. The molecule has 0 unspecified atom stereocenters. The van der Waals surface area contributed by atoms with Crippen LogP contribution >= 0.6 is 0 Å². The minimum atomic E-state index is -3.48. The lowest BCUT2D eigenvalue weighted by Crippen LogP contribution is -2.47. The molecule has 1 aliphatic rings. The summed E-state index contributed by atoms with van der Waals surface area (Å²) in [6.07, 6.45) is 1.18. The van der Waals surface area contributed by atoms with E-state index >= 15 is 4.39 Å². The molecular weight excluding hydrogens is 395 g/mol. The lowest BCUT2D eigenvalue weighted by atomic mass is 9.96. The number of nitrogens with zero attached hydrogens (tertiary/aromatic N) is 1. The molecule has 2 atom stereocenters. The van der Waals surface area contributed by atoms with Crippen LogP contribution in [0.5, 0.6) is 0 Å². The fourth-order valence-corrected chi connectivity index (χ4v) is 4.58. The van der Waals surface area contributed by atoms with Gasteiger partial charge in [0.15, 0.2) is 0 Å². The first-order valence-corrected chi connectivity index (χ1v) is 11.4. The molecule has 8 heteroatoms. The van der Waals surface area contributed by atoms with Gasteiger partial charge >= 0.3 is 6.09 Å². The van der Waals surface area contributed by atoms with Crippen LogP contribution in [0.25, 0.3) is 11.1 Å². The van der Waals surface area contributed by atoms with Crippen LogP contribution in [-0.2, 0) is 21.2 Å². The first kappa shape index (κ1) is 21.3. The van der Waals surface area contributed by atoms with Crippen LogP contribution in [0, 0.1) is 5.82 Å². The SMILES string of the molecule is CCOC(=O)N1CC[C@H](NS(C)(=O)=O)[C@@H]1Cc1cccc(-c2ccccc2)c1F. The zero-order valence-corrected chi connectivity index (χ0v) is 17.3. The van der Waals surface area contributed by atoms with Gasteiger partial charge in [-0.3, -0.25) is 0 Å². The second-order valence-corrected chi connectivity index (χ2v) is 8.87. The molecule has 29 heavy (non-hydrogen) atoms. The Labute approximate surface area is 170 Å². The summed E-state index contributed by atoms with van der Waals surface area (Å²) in [5.41, 5.74) is 1.65. The summed E-state index contributed by atoms with van der Waals surface area (Å²) in [7, 11) is -3.48. The summed E-state index contributed by atoms with van der Waals surface area (Å²) in [4.78, 5) is 13.9. The van der Waals surface area contributed by atoms with Crippen molar-refractivity contribution in [3.8, 4) is 11.1 Å². The van der Waals surface area contributed by atoms with Gasteiger partial charge in [-0.05, 0) is 30.9 Å². The number of halogens is 1. The molecule has 1 amide bonds. The standard InChI is InChI=1S/C21H25FN2O4S/c1-3-28-21(25)24-13-12-18(23-29(2,26)27)19(24)14-16-10-7-11-17(20(16)22)15-8-5-4-6-9-15/h4-11,18-19,23H,3,12-14H2,1-2H3/t18-,19-/m0/s1. The number of rotatable bonds is 6. The van der Waals surface area contributed by atoms with E-state index in [2.05, 4.69) is 4.72 Å². The average molecular weight is 421 g/mol. The number of hydrogen-bond donors (Lipinski definition) is 1. The highest BCUT2D eigenvalue weighted by Crippen LogP contribution is 2.29. The number of hydrogen-bond acceptors (Lipinski definition) is 4. The average Bonchev–Trinajstić information content (AvgIpc) is 3.05. The van der Waals surface area contributed by atoms with Gasteiger partial charge in [-0.1, -0.05) is 48.5 Å². The Kier molecular flexibility index (Phi) is 6.54. The van der Waals surface area contributed by atoms with Crippen LogP contribution in [0.4, 0.5) is 9.18 Å². The third-order valence-electron chi connectivity index (χ3n) is 5.01. The van der Waals surface area contributed by atoms with Crippen LogP contribution in [0.1, 0.15) is 18.9 Å². The maximum atomic E-state index is 15.3. The molecule has 0 spiro atoms. The van der Waals surface area contributed by atoms with E-state index in [0.717, 1.165) is 11.8 Å². The predicted octanol–water partition coefficient (Wildman–Crippen LogP) is 3.18. The Bertz CT molecular complexity index is 966. The number of benzene rings is 2. The molecule has 0 bridgehead atoms. The first-order valence-electron chi connectivity index (χ1n) is 9.53. The van der Waals surface area contributed by atoms with E-state index in [1.54, 1.807) is 25.1 Å². The van der Waals surface area contributed by atoms with Gasteiger partial charge in [-0.25, -0.2) is 22.3 Å². The topological polar surface area (TPSA) is 75.7 Å². The maximum absolute atomic E-state index is 15.3. The number of ether oxygens (including phenoxy) is 1. The van der Waals surface area contributed by atoms with Gasteiger partial charge in [0, 0.05) is 18.2 Å². The van der Waals surface area contributed by atoms with Crippen LogP contribution in [0.2, 0.25) is 0 Å². The van der Waals surface area contributed by atoms with E-state index in [4.69, 9.17) is 4.74 Å². The van der Waals surface area contributed by atoms with Crippen molar-refractivity contribution < 1.29 is 22.3 Å². The number of carbonyl (C=O) groups is 1. The van der Waals surface area contributed by atoms with E-state index in [-0.39, 0.29) is 18.8 Å². The Hall–Kier alpha value is -2.45. The molecule has 0 saturated carbocycles. The van der Waals surface area contributed by atoms with E-state index in [9.17, 15) is 13.2 Å². The second kappa shape index (κ2) is 8.92. The molecule has 0 aromatic heterocycles. The highest BCUT2D eigenvalue weighted by molar-refractivity contribution is 7.88. The van der Waals surface area contributed by atoms with E-state index in [1.807, 2.05) is 30.3 Å². The van der Waals surface area contributed by atoms with Crippen molar-refractivity contribution in [2.75, 3.05) is 19.4 Å². The van der Waals surface area contributed by atoms with E-state index in [1.165, 1.54) is 4.90 Å². The van der Waals surface area contributed by atoms with E-state index in [0.29, 0.717) is 24.1 Å². The molecule has 156 valence electrons. The number of likely N-dealkylation sites (tertiary alicyclic amines) is 1. The van der Waals surface area contributed by atoms with Crippen molar-refractivity contribution in [1.29, 1.82) is 0 Å². The monoisotopic (exact) mass is 420 g/mol. The van der Waals surface area contributed by atoms with Crippen molar-refractivity contribution in [3.05, 3.63) is 59.9 Å². The summed E-state index contributed by atoms with van der Waals surface area (Å²) in [6, 6.07) is 13.3. The third-order valence-corrected chi connectivity index (χ3v) is 5.74. The summed E-state index contributed by atoms with van der Waals surface area (Å²) >= 11 is 0. The zero-order chi connectivity index (χ0) is 21.0. The van der Waals surface area contributed by atoms with Gasteiger partial charge in [0.1, 0.15) is 5.82 Å². The molecule has 3 rings (SSSR count). The van der Waals surface area contributed by atoms with Crippen LogP contribution in [0.15, 0.2) is 48.5 Å². The van der Waals surface area contributed by atoms with Crippen molar-refractivity contribution in [2.45, 2.75) is 31.8 Å². The third kappa shape index (κ3) is 5.13. The van der Waals surface area contributed by atoms with Crippen molar-refractivity contribution in [1.82, 2.24) is 9.62 Å². The summed E-state index contributed by atoms with van der Waals surface area (Å²) in [5, 5.41) is 0. The number of nitrogens with one attached hydrogen (secondary N) is 1. The molecule has 1 heterocycles. The van der Waals surface area contributed by atoms with Crippen molar-refractivity contribution in [2.24, 2.45) is 0 Å². The Morgan fingerprint density at radius 2 is 1.93 bits per heavy atom. The number of amides is 1. The molecule has 2 aromatic carbocycles. The molecule has 1 aliphatic heterocycles. The number of sulfonamides is 1. The Morgan fingerprint density at radius 3 is 2.59 bits per heavy atom. The normalized spacial score (nSPS) is 19.3. The Balaban J connectivity index is 1.92. The first-order chi connectivity index (χ1) is 13.8. The quantitative estimate of drug-likeness (QED) is 0.779. The summed E-state index contributed by atoms with van der Waals surface area (Å²) in [5.74, 6) is -0.368. The maximum Gasteiger partial charge on any atom is 0.410 e. The highest BCUT2D eigenvalue weighted by atomic mass is 32.2. The number of carbonyl (C=O) groups excluding carboxylic acids is 1.